The minimum Gasteiger partial charge on any atom is -0.450 e. The molecule has 2 aromatic carbocycles. The number of rotatable bonds is 2. The fraction of sp³-hybridized carbons (Fsp3) is 0.0455. The molecule has 0 aliphatic carbocycles. The zero-order valence-corrected chi connectivity index (χ0v) is 18.2. The Morgan fingerprint density at radius 2 is 1.70 bits per heavy atom. The Bertz CT molecular complexity index is 1370. The van der Waals surface area contributed by atoms with Gasteiger partial charge in [-0.3, -0.25) is 14.5 Å². The van der Waals surface area contributed by atoms with Gasteiger partial charge in [0.1, 0.15) is 11.4 Å². The van der Waals surface area contributed by atoms with Crippen LogP contribution in [-0.2, 0) is 0 Å². The maximum atomic E-state index is 13.5. The molecule has 0 spiro atoms. The van der Waals surface area contributed by atoms with E-state index in [0.29, 0.717) is 32.4 Å². The normalized spacial score (nSPS) is 15.6. The number of carbonyl (C=O) groups is 1. The minimum absolute atomic E-state index is 0.00604. The number of amides is 1. The second kappa shape index (κ2) is 7.23. The lowest BCUT2D eigenvalue weighted by Gasteiger charge is -2.24. The first-order valence-electron chi connectivity index (χ1n) is 8.91. The first-order valence-corrected chi connectivity index (χ1v) is 10.5. The largest absolute Gasteiger partial charge is 0.450 e. The maximum absolute atomic E-state index is 13.5. The lowest BCUT2D eigenvalue weighted by molar-refractivity contribution is 0.0970. The Hall–Kier alpha value is -2.67. The van der Waals surface area contributed by atoms with E-state index in [1.807, 2.05) is 0 Å². The Balaban J connectivity index is 1.81. The summed E-state index contributed by atoms with van der Waals surface area (Å²) in [7, 11) is 0. The molecule has 0 bridgehead atoms. The molecule has 1 amide bonds. The van der Waals surface area contributed by atoms with Crippen LogP contribution in [-0.4, -0.2) is 10.9 Å². The number of halogens is 3. The summed E-state index contributed by atoms with van der Waals surface area (Å²) in [6.45, 7) is 0. The summed E-state index contributed by atoms with van der Waals surface area (Å²) in [5.74, 6) is -0.0754. The Morgan fingerprint density at radius 3 is 2.40 bits per heavy atom. The summed E-state index contributed by atoms with van der Waals surface area (Å²) in [6.07, 6.45) is 1.45. The number of nitrogens with zero attached hydrogens (tertiary/aromatic N) is 2. The van der Waals surface area contributed by atoms with Crippen molar-refractivity contribution >= 4 is 61.8 Å². The summed E-state index contributed by atoms with van der Waals surface area (Å²) < 4.78 is 6.65. The quantitative estimate of drug-likeness (QED) is 0.337. The molecule has 3 heterocycles. The average Bonchev–Trinajstić information content (AvgIpc) is 3.03. The molecular weight excluding hydrogens is 491 g/mol. The molecule has 8 heteroatoms. The number of anilines is 1. The molecule has 148 valence electrons. The zero-order chi connectivity index (χ0) is 21.0. The number of aromatic nitrogens is 1. The number of hydrogen-bond acceptors (Lipinski definition) is 4. The summed E-state index contributed by atoms with van der Waals surface area (Å²) in [4.78, 5) is 32.6. The molecule has 0 N–H and O–H groups in total. The van der Waals surface area contributed by atoms with Crippen molar-refractivity contribution in [3.63, 3.8) is 0 Å². The van der Waals surface area contributed by atoms with E-state index in [0.717, 1.165) is 4.47 Å². The van der Waals surface area contributed by atoms with Gasteiger partial charge in [0.15, 0.2) is 5.43 Å². The Labute approximate surface area is 189 Å². The van der Waals surface area contributed by atoms with E-state index >= 15 is 0 Å². The van der Waals surface area contributed by atoms with Crippen molar-refractivity contribution < 1.29 is 9.21 Å². The molecule has 0 saturated carbocycles. The van der Waals surface area contributed by atoms with Crippen LogP contribution in [0.5, 0.6) is 0 Å². The highest BCUT2D eigenvalue weighted by Crippen LogP contribution is 2.41. The van der Waals surface area contributed by atoms with Gasteiger partial charge in [0, 0.05) is 15.7 Å². The second-order valence-electron chi connectivity index (χ2n) is 6.78. The van der Waals surface area contributed by atoms with Gasteiger partial charge in [-0.05, 0) is 48.0 Å². The Kier molecular flexibility index (Phi) is 4.65. The molecule has 4 aromatic rings. The monoisotopic (exact) mass is 500 g/mol. The van der Waals surface area contributed by atoms with Gasteiger partial charge in [0.25, 0.3) is 5.91 Å². The standard InChI is InChI=1S/C22H11BrCl2N2O3/c23-12-3-7-16-15(9-12)20(28)18-19(11-1-4-13(24)5-2-11)27(22(29)21(18)30-16)17-8-6-14(25)10-26-17/h1-10,19H. The molecule has 1 unspecified atom stereocenters. The number of carbonyl (C=O) groups excluding carboxylic acids is 1. The highest BCUT2D eigenvalue weighted by Gasteiger charge is 2.44. The molecular formula is C22H11BrCl2N2O3. The molecule has 30 heavy (non-hydrogen) atoms. The van der Waals surface area contributed by atoms with Gasteiger partial charge in [0.2, 0.25) is 5.76 Å². The predicted octanol–water partition coefficient (Wildman–Crippen LogP) is 6.01. The van der Waals surface area contributed by atoms with Crippen molar-refractivity contribution in [1.82, 2.24) is 4.98 Å². The van der Waals surface area contributed by atoms with Gasteiger partial charge in [-0.2, -0.15) is 0 Å². The summed E-state index contributed by atoms with van der Waals surface area (Å²) >= 11 is 15.4. The molecule has 0 radical (unpaired) electrons. The van der Waals surface area contributed by atoms with Gasteiger partial charge in [-0.15, -0.1) is 0 Å². The highest BCUT2D eigenvalue weighted by molar-refractivity contribution is 9.10. The highest BCUT2D eigenvalue weighted by atomic mass is 79.9. The van der Waals surface area contributed by atoms with Crippen molar-refractivity contribution in [3.05, 3.63) is 102 Å². The van der Waals surface area contributed by atoms with E-state index in [9.17, 15) is 9.59 Å². The number of benzene rings is 2. The van der Waals surface area contributed by atoms with Gasteiger partial charge in [-0.1, -0.05) is 51.3 Å². The third kappa shape index (κ3) is 3.03. The summed E-state index contributed by atoms with van der Waals surface area (Å²) in [5.41, 5.74) is 1.06. The van der Waals surface area contributed by atoms with Crippen LogP contribution in [0, 0.1) is 0 Å². The van der Waals surface area contributed by atoms with Gasteiger partial charge in [0.05, 0.1) is 22.0 Å². The zero-order valence-electron chi connectivity index (χ0n) is 15.1. The third-order valence-corrected chi connectivity index (χ3v) is 5.95. The van der Waals surface area contributed by atoms with Crippen molar-refractivity contribution in [2.75, 3.05) is 4.90 Å². The lowest BCUT2D eigenvalue weighted by Crippen LogP contribution is -2.30. The molecule has 1 aliphatic rings. The SMILES string of the molecule is O=C1c2oc3ccc(Br)cc3c(=O)c2C(c2ccc(Cl)cc2)N1c1ccc(Cl)cn1. The predicted molar refractivity (Wildman–Crippen MR) is 120 cm³/mol. The second-order valence-corrected chi connectivity index (χ2v) is 8.57. The lowest BCUT2D eigenvalue weighted by atomic mass is 9.98. The van der Waals surface area contributed by atoms with Crippen LogP contribution >= 0.6 is 39.1 Å². The van der Waals surface area contributed by atoms with Crippen molar-refractivity contribution in [2.24, 2.45) is 0 Å². The first-order chi connectivity index (χ1) is 14.4. The van der Waals surface area contributed by atoms with Crippen molar-refractivity contribution in [2.45, 2.75) is 6.04 Å². The number of fused-ring (bicyclic) bond motifs is 2. The van der Waals surface area contributed by atoms with E-state index < -0.39 is 11.9 Å². The number of pyridine rings is 1. The minimum atomic E-state index is -0.710. The van der Waals surface area contributed by atoms with Crippen LogP contribution in [0.4, 0.5) is 5.82 Å². The van der Waals surface area contributed by atoms with E-state index in [-0.39, 0.29) is 16.8 Å². The molecule has 5 nitrogen and oxygen atoms in total. The van der Waals surface area contributed by atoms with Crippen LogP contribution in [0.2, 0.25) is 10.0 Å². The van der Waals surface area contributed by atoms with Crippen LogP contribution in [0.1, 0.15) is 27.7 Å². The van der Waals surface area contributed by atoms with Crippen LogP contribution < -0.4 is 10.3 Å². The Morgan fingerprint density at radius 1 is 0.967 bits per heavy atom. The topological polar surface area (TPSA) is 63.4 Å². The van der Waals surface area contributed by atoms with Gasteiger partial charge < -0.3 is 4.42 Å². The van der Waals surface area contributed by atoms with E-state index in [1.165, 1.54) is 11.1 Å². The molecule has 0 saturated heterocycles. The fourth-order valence-corrected chi connectivity index (χ4v) is 4.25. The van der Waals surface area contributed by atoms with Gasteiger partial charge >= 0.3 is 0 Å². The van der Waals surface area contributed by atoms with Crippen LogP contribution in [0.15, 0.2) is 74.5 Å². The van der Waals surface area contributed by atoms with Crippen molar-refractivity contribution in [1.29, 1.82) is 0 Å². The molecule has 1 aliphatic heterocycles. The third-order valence-electron chi connectivity index (χ3n) is 4.98. The number of hydrogen-bond donors (Lipinski definition) is 0. The first kappa shape index (κ1) is 19.3. The summed E-state index contributed by atoms with van der Waals surface area (Å²) in [5, 5.41) is 1.38. The van der Waals surface area contributed by atoms with Crippen LogP contribution in [0.3, 0.4) is 0 Å². The van der Waals surface area contributed by atoms with Crippen LogP contribution in [0.25, 0.3) is 11.0 Å². The molecule has 1 atom stereocenters. The molecule has 0 fully saturated rings. The average molecular weight is 502 g/mol. The molecule has 2 aromatic heterocycles. The van der Waals surface area contributed by atoms with E-state index in [4.69, 9.17) is 27.6 Å². The molecule has 5 rings (SSSR count). The van der Waals surface area contributed by atoms with E-state index in [2.05, 4.69) is 20.9 Å². The maximum Gasteiger partial charge on any atom is 0.296 e. The van der Waals surface area contributed by atoms with Gasteiger partial charge in [-0.25, -0.2) is 4.98 Å². The van der Waals surface area contributed by atoms with Crippen molar-refractivity contribution in [3.8, 4) is 0 Å². The van der Waals surface area contributed by atoms with E-state index in [1.54, 1.807) is 54.6 Å². The summed E-state index contributed by atoms with van der Waals surface area (Å²) in [6, 6.07) is 14.7. The fourth-order valence-electron chi connectivity index (χ4n) is 3.65. The smallest absolute Gasteiger partial charge is 0.296 e.